The van der Waals surface area contributed by atoms with Gasteiger partial charge in [-0.15, -0.1) is 0 Å². The number of rotatable bonds is 7. The minimum absolute atomic E-state index is 0.478. The molecule has 5 aromatic rings. The highest BCUT2D eigenvalue weighted by Gasteiger charge is 2.19. The predicted molar refractivity (Wildman–Crippen MR) is 142 cm³/mol. The molecule has 0 radical (unpaired) electrons. The fourth-order valence-corrected chi connectivity index (χ4v) is 4.91. The van der Waals surface area contributed by atoms with Crippen molar-refractivity contribution in [3.8, 4) is 28.7 Å². The zero-order valence-electron chi connectivity index (χ0n) is 20.6. The fraction of sp³-hybridized carbons (Fsp3) is 0.250. The molecular weight excluding hydrogens is 462 g/mol. The molecule has 0 spiro atoms. The van der Waals surface area contributed by atoms with Crippen molar-refractivity contribution in [1.29, 1.82) is 5.26 Å². The lowest BCUT2D eigenvalue weighted by atomic mass is 10.1. The number of hydrogen-bond acceptors (Lipinski definition) is 7. The Labute approximate surface area is 214 Å². The number of fused-ring (bicyclic) bond motifs is 1. The molecule has 2 N–H and O–H groups in total. The lowest BCUT2D eigenvalue weighted by Crippen LogP contribution is -2.20. The van der Waals surface area contributed by atoms with Gasteiger partial charge in [0.05, 0.1) is 35.3 Å². The van der Waals surface area contributed by atoms with E-state index in [0.29, 0.717) is 12.1 Å². The van der Waals surface area contributed by atoms with Crippen LogP contribution in [0.5, 0.6) is 0 Å². The molecule has 0 atom stereocenters. The number of pyridine rings is 2. The summed E-state index contributed by atoms with van der Waals surface area (Å²) in [5.74, 6) is 0.779. The maximum absolute atomic E-state index is 9.74. The predicted octanol–water partition coefficient (Wildman–Crippen LogP) is 4.57. The van der Waals surface area contributed by atoms with Crippen LogP contribution in [0.25, 0.3) is 28.3 Å². The second-order valence-corrected chi connectivity index (χ2v) is 9.33. The number of imidazole rings is 1. The van der Waals surface area contributed by atoms with Crippen LogP contribution in [-0.4, -0.2) is 47.5 Å². The van der Waals surface area contributed by atoms with Gasteiger partial charge in [0.1, 0.15) is 12.2 Å². The first-order valence-corrected chi connectivity index (χ1v) is 12.5. The van der Waals surface area contributed by atoms with Crippen LogP contribution >= 0.6 is 0 Å². The summed E-state index contributed by atoms with van der Waals surface area (Å²) in [6, 6.07) is 18.1. The maximum atomic E-state index is 9.74. The van der Waals surface area contributed by atoms with E-state index in [4.69, 9.17) is 9.97 Å². The summed E-state index contributed by atoms with van der Waals surface area (Å²) in [5, 5.41) is 17.6. The van der Waals surface area contributed by atoms with Crippen LogP contribution in [0, 0.1) is 18.3 Å². The van der Waals surface area contributed by atoms with Crippen molar-refractivity contribution in [2.75, 3.05) is 18.4 Å². The van der Waals surface area contributed by atoms with Gasteiger partial charge in [-0.1, -0.05) is 12.1 Å². The van der Waals surface area contributed by atoms with Gasteiger partial charge in [0, 0.05) is 35.2 Å². The number of hydrogen-bond donors (Lipinski definition) is 2. The molecule has 1 saturated heterocycles. The lowest BCUT2D eigenvalue weighted by molar-refractivity contribution is 0.331. The second-order valence-electron chi connectivity index (χ2n) is 9.33. The summed E-state index contributed by atoms with van der Waals surface area (Å²) in [5.41, 5.74) is 7.82. The van der Waals surface area contributed by atoms with Crippen molar-refractivity contribution in [1.82, 2.24) is 34.4 Å². The Morgan fingerprint density at radius 2 is 1.92 bits per heavy atom. The van der Waals surface area contributed by atoms with Gasteiger partial charge in [-0.25, -0.2) is 14.5 Å². The summed E-state index contributed by atoms with van der Waals surface area (Å²) in [7, 11) is 0. The number of benzene rings is 1. The highest BCUT2D eigenvalue weighted by molar-refractivity contribution is 5.77. The SMILES string of the molecule is Cc1cccc(-c2[nH]c(CNc3cccc(C#N)c3CN3CCCC3)nc2-c2ccc3ncnn3c2)n1. The van der Waals surface area contributed by atoms with Gasteiger partial charge in [0.15, 0.2) is 5.65 Å². The minimum atomic E-state index is 0.478. The molecule has 5 heterocycles. The Bertz CT molecular complexity index is 1600. The zero-order valence-corrected chi connectivity index (χ0v) is 20.6. The van der Waals surface area contributed by atoms with Gasteiger partial charge in [0.25, 0.3) is 0 Å². The molecule has 0 saturated carbocycles. The summed E-state index contributed by atoms with van der Waals surface area (Å²) in [6.45, 7) is 5.37. The summed E-state index contributed by atoms with van der Waals surface area (Å²) in [6.07, 6.45) is 5.89. The van der Waals surface area contributed by atoms with Crippen LogP contribution in [0.1, 0.15) is 35.5 Å². The van der Waals surface area contributed by atoms with Gasteiger partial charge in [-0.3, -0.25) is 9.88 Å². The quantitative estimate of drug-likeness (QED) is 0.344. The van der Waals surface area contributed by atoms with Gasteiger partial charge in [0.2, 0.25) is 0 Å². The van der Waals surface area contributed by atoms with Crippen LogP contribution in [-0.2, 0) is 13.1 Å². The topological polar surface area (TPSA) is 111 Å². The molecule has 0 amide bonds. The number of anilines is 1. The molecule has 0 aliphatic carbocycles. The summed E-state index contributed by atoms with van der Waals surface area (Å²) >= 11 is 0. The molecule has 0 bridgehead atoms. The number of nitriles is 1. The smallest absolute Gasteiger partial charge is 0.155 e. The molecular formula is C28H27N9. The van der Waals surface area contributed by atoms with Crippen LogP contribution < -0.4 is 5.32 Å². The molecule has 1 aromatic carbocycles. The van der Waals surface area contributed by atoms with E-state index in [9.17, 15) is 5.26 Å². The Kier molecular flexibility index (Phi) is 6.08. The van der Waals surface area contributed by atoms with E-state index >= 15 is 0 Å². The van der Waals surface area contributed by atoms with Crippen molar-refractivity contribution >= 4 is 11.3 Å². The molecule has 1 fully saturated rings. The van der Waals surface area contributed by atoms with Gasteiger partial charge < -0.3 is 10.3 Å². The molecule has 184 valence electrons. The van der Waals surface area contributed by atoms with Crippen LogP contribution in [0.2, 0.25) is 0 Å². The van der Waals surface area contributed by atoms with Crippen molar-refractivity contribution in [2.24, 2.45) is 0 Å². The van der Waals surface area contributed by atoms with Crippen molar-refractivity contribution in [3.63, 3.8) is 0 Å². The van der Waals surface area contributed by atoms with Crippen molar-refractivity contribution in [3.05, 3.63) is 83.7 Å². The van der Waals surface area contributed by atoms with E-state index in [0.717, 1.165) is 70.7 Å². The fourth-order valence-electron chi connectivity index (χ4n) is 4.91. The normalized spacial score (nSPS) is 13.7. The average Bonchev–Trinajstić information content (AvgIpc) is 3.68. The standard InChI is InChI=1S/C28H27N9/c1-19-6-4-9-24(33-19)28-27(21-10-11-26-31-18-32-37(26)16-21)34-25(35-28)15-30-23-8-5-7-20(14-29)22(23)17-36-12-2-3-13-36/h4-11,16,18,30H,2-3,12-13,15,17H2,1H3,(H,34,35). The van der Waals surface area contributed by atoms with Crippen LogP contribution in [0.15, 0.2) is 61.1 Å². The Hall–Kier alpha value is -4.55. The van der Waals surface area contributed by atoms with Gasteiger partial charge >= 0.3 is 0 Å². The molecule has 9 nitrogen and oxygen atoms in total. The number of nitrogens with one attached hydrogen (secondary N) is 2. The molecule has 4 aromatic heterocycles. The lowest BCUT2D eigenvalue weighted by Gasteiger charge is -2.19. The van der Waals surface area contributed by atoms with Gasteiger partial charge in [-0.05, 0) is 69.3 Å². The van der Waals surface area contributed by atoms with E-state index < -0.39 is 0 Å². The molecule has 6 rings (SSSR count). The summed E-state index contributed by atoms with van der Waals surface area (Å²) < 4.78 is 1.74. The van der Waals surface area contributed by atoms with E-state index in [1.165, 1.54) is 19.2 Å². The Morgan fingerprint density at radius 1 is 1.05 bits per heavy atom. The molecule has 0 unspecified atom stereocenters. The molecule has 37 heavy (non-hydrogen) atoms. The number of nitrogens with zero attached hydrogens (tertiary/aromatic N) is 7. The average molecular weight is 490 g/mol. The zero-order chi connectivity index (χ0) is 25.2. The number of H-pyrrole nitrogens is 1. The van der Waals surface area contributed by atoms with Crippen LogP contribution in [0.4, 0.5) is 5.69 Å². The number of aromatic amines is 1. The molecule has 9 heteroatoms. The van der Waals surface area contributed by atoms with Crippen molar-refractivity contribution in [2.45, 2.75) is 32.9 Å². The first-order valence-electron chi connectivity index (χ1n) is 12.5. The number of likely N-dealkylation sites (tertiary alicyclic amines) is 1. The maximum Gasteiger partial charge on any atom is 0.155 e. The Balaban J connectivity index is 1.34. The number of aromatic nitrogens is 6. The van der Waals surface area contributed by atoms with Gasteiger partial charge in [-0.2, -0.15) is 10.4 Å². The Morgan fingerprint density at radius 3 is 2.76 bits per heavy atom. The van der Waals surface area contributed by atoms with Crippen LogP contribution in [0.3, 0.4) is 0 Å². The minimum Gasteiger partial charge on any atom is -0.378 e. The van der Waals surface area contributed by atoms with E-state index in [1.54, 1.807) is 4.52 Å². The second kappa shape index (κ2) is 9.84. The monoisotopic (exact) mass is 489 g/mol. The molecule has 1 aliphatic rings. The largest absolute Gasteiger partial charge is 0.378 e. The third-order valence-corrected chi connectivity index (χ3v) is 6.77. The van der Waals surface area contributed by atoms with E-state index in [1.807, 2.05) is 61.7 Å². The highest BCUT2D eigenvalue weighted by atomic mass is 15.3. The summed E-state index contributed by atoms with van der Waals surface area (Å²) in [4.78, 5) is 19.9. The van der Waals surface area contributed by atoms with E-state index in [2.05, 4.69) is 31.4 Å². The number of aryl methyl sites for hydroxylation is 1. The molecule has 1 aliphatic heterocycles. The third-order valence-electron chi connectivity index (χ3n) is 6.77. The third kappa shape index (κ3) is 4.67. The highest BCUT2D eigenvalue weighted by Crippen LogP contribution is 2.30. The first kappa shape index (κ1) is 22.9. The van der Waals surface area contributed by atoms with E-state index in [-0.39, 0.29) is 0 Å². The van der Waals surface area contributed by atoms with Crippen molar-refractivity contribution < 1.29 is 0 Å². The first-order chi connectivity index (χ1) is 18.2.